The van der Waals surface area contributed by atoms with Crippen LogP contribution in [0.5, 0.6) is 11.5 Å². The van der Waals surface area contributed by atoms with Crippen molar-refractivity contribution in [2.75, 3.05) is 32.7 Å². The van der Waals surface area contributed by atoms with Gasteiger partial charge in [-0.05, 0) is 54.8 Å². The van der Waals surface area contributed by atoms with Gasteiger partial charge in [-0.15, -0.1) is 0 Å². The highest BCUT2D eigenvalue weighted by molar-refractivity contribution is 6.03. The SMILES string of the molecule is COc1ccc(/C=C/C(=O)Nc2cccc(C(=O)NCC3CCCO3)c2)cc1OC. The molecule has 1 aliphatic heterocycles. The van der Waals surface area contributed by atoms with Crippen LogP contribution in [-0.4, -0.2) is 45.3 Å². The Hall–Kier alpha value is -3.32. The number of nitrogens with one attached hydrogen (secondary N) is 2. The molecule has 2 aromatic carbocycles. The average molecular weight is 410 g/mol. The van der Waals surface area contributed by atoms with Gasteiger partial charge < -0.3 is 24.8 Å². The molecule has 0 spiro atoms. The van der Waals surface area contributed by atoms with Gasteiger partial charge in [0, 0.05) is 30.5 Å². The van der Waals surface area contributed by atoms with E-state index >= 15 is 0 Å². The van der Waals surface area contributed by atoms with Crippen LogP contribution in [0.2, 0.25) is 0 Å². The number of carbonyl (C=O) groups excluding carboxylic acids is 2. The smallest absolute Gasteiger partial charge is 0.251 e. The lowest BCUT2D eigenvalue weighted by Gasteiger charge is -2.11. The molecule has 1 fully saturated rings. The lowest BCUT2D eigenvalue weighted by Crippen LogP contribution is -2.31. The van der Waals surface area contributed by atoms with Gasteiger partial charge in [0.15, 0.2) is 11.5 Å². The van der Waals surface area contributed by atoms with Crippen molar-refractivity contribution in [1.29, 1.82) is 0 Å². The van der Waals surface area contributed by atoms with Gasteiger partial charge >= 0.3 is 0 Å². The Morgan fingerprint density at radius 2 is 1.97 bits per heavy atom. The van der Waals surface area contributed by atoms with Crippen LogP contribution in [0, 0.1) is 0 Å². The summed E-state index contributed by atoms with van der Waals surface area (Å²) in [5, 5.41) is 5.64. The monoisotopic (exact) mass is 410 g/mol. The Kier molecular flexibility index (Phi) is 7.45. The van der Waals surface area contributed by atoms with Crippen LogP contribution in [0.25, 0.3) is 6.08 Å². The quantitative estimate of drug-likeness (QED) is 0.653. The van der Waals surface area contributed by atoms with Crippen LogP contribution in [0.15, 0.2) is 48.5 Å². The standard InChI is InChI=1S/C23H26N2O5/c1-28-20-10-8-16(13-21(20)29-2)9-11-22(26)25-18-6-3-5-17(14-18)23(27)24-15-19-7-4-12-30-19/h3,5-6,8-11,13-14,19H,4,7,12,15H2,1-2H3,(H,24,27)(H,25,26)/b11-9+. The number of hydrogen-bond acceptors (Lipinski definition) is 5. The second-order valence-corrected chi connectivity index (χ2v) is 6.86. The number of ether oxygens (including phenoxy) is 3. The molecule has 2 N–H and O–H groups in total. The predicted molar refractivity (Wildman–Crippen MR) is 115 cm³/mol. The topological polar surface area (TPSA) is 85.9 Å². The minimum Gasteiger partial charge on any atom is -0.493 e. The summed E-state index contributed by atoms with van der Waals surface area (Å²) in [7, 11) is 3.12. The Morgan fingerprint density at radius 1 is 1.13 bits per heavy atom. The summed E-state index contributed by atoms with van der Waals surface area (Å²) < 4.78 is 16.0. The van der Waals surface area contributed by atoms with Crippen LogP contribution in [0.4, 0.5) is 5.69 Å². The van der Waals surface area contributed by atoms with Gasteiger partial charge in [-0.2, -0.15) is 0 Å². The molecule has 7 nitrogen and oxygen atoms in total. The fraction of sp³-hybridized carbons (Fsp3) is 0.304. The summed E-state index contributed by atoms with van der Waals surface area (Å²) in [4.78, 5) is 24.6. The first kappa shape index (κ1) is 21.4. The maximum atomic E-state index is 12.3. The molecule has 1 atom stereocenters. The minimum atomic E-state index is -0.304. The summed E-state index contributed by atoms with van der Waals surface area (Å²) in [6.07, 6.45) is 5.17. The third-order valence-electron chi connectivity index (χ3n) is 4.74. The lowest BCUT2D eigenvalue weighted by molar-refractivity contribution is -0.111. The van der Waals surface area contributed by atoms with Crippen LogP contribution < -0.4 is 20.1 Å². The van der Waals surface area contributed by atoms with E-state index in [1.807, 2.05) is 6.07 Å². The van der Waals surface area contributed by atoms with E-state index in [1.165, 1.54) is 6.08 Å². The third kappa shape index (κ3) is 5.84. The predicted octanol–water partition coefficient (Wildman–Crippen LogP) is 3.26. The van der Waals surface area contributed by atoms with Gasteiger partial charge in [0.25, 0.3) is 5.91 Å². The highest BCUT2D eigenvalue weighted by atomic mass is 16.5. The molecule has 0 saturated carbocycles. The first-order valence-corrected chi connectivity index (χ1v) is 9.80. The average Bonchev–Trinajstić information content (AvgIpc) is 3.29. The maximum Gasteiger partial charge on any atom is 0.251 e. The molecule has 0 aromatic heterocycles. The van der Waals surface area contributed by atoms with Gasteiger partial charge in [-0.3, -0.25) is 9.59 Å². The van der Waals surface area contributed by atoms with Gasteiger partial charge in [0.05, 0.1) is 20.3 Å². The minimum absolute atomic E-state index is 0.0820. The van der Waals surface area contributed by atoms with Crippen molar-refractivity contribution in [3.63, 3.8) is 0 Å². The fourth-order valence-corrected chi connectivity index (χ4v) is 3.16. The zero-order valence-corrected chi connectivity index (χ0v) is 17.1. The normalized spacial score (nSPS) is 15.7. The van der Waals surface area contributed by atoms with Crippen LogP contribution >= 0.6 is 0 Å². The van der Waals surface area contributed by atoms with E-state index in [-0.39, 0.29) is 17.9 Å². The molecule has 1 aliphatic rings. The van der Waals surface area contributed by atoms with Crippen molar-refractivity contribution < 1.29 is 23.8 Å². The van der Waals surface area contributed by atoms with E-state index in [9.17, 15) is 9.59 Å². The second-order valence-electron chi connectivity index (χ2n) is 6.86. The van der Waals surface area contributed by atoms with E-state index in [0.29, 0.717) is 29.3 Å². The van der Waals surface area contributed by atoms with Gasteiger partial charge in [0.2, 0.25) is 5.91 Å². The third-order valence-corrected chi connectivity index (χ3v) is 4.74. The first-order valence-electron chi connectivity index (χ1n) is 9.80. The van der Waals surface area contributed by atoms with Crippen molar-refractivity contribution in [3.05, 3.63) is 59.7 Å². The number of methoxy groups -OCH3 is 2. The molecular formula is C23H26N2O5. The van der Waals surface area contributed by atoms with Gasteiger partial charge in [-0.25, -0.2) is 0 Å². The summed E-state index contributed by atoms with van der Waals surface area (Å²) in [5.41, 5.74) is 1.82. The highest BCUT2D eigenvalue weighted by Crippen LogP contribution is 2.28. The summed E-state index contributed by atoms with van der Waals surface area (Å²) in [5.74, 6) is 0.708. The van der Waals surface area contributed by atoms with E-state index in [4.69, 9.17) is 14.2 Å². The Morgan fingerprint density at radius 3 is 2.70 bits per heavy atom. The van der Waals surface area contributed by atoms with Crippen molar-refractivity contribution in [2.24, 2.45) is 0 Å². The molecule has 1 heterocycles. The van der Waals surface area contributed by atoms with Crippen molar-refractivity contribution >= 4 is 23.6 Å². The molecule has 2 aromatic rings. The molecule has 0 aliphatic carbocycles. The Bertz CT molecular complexity index is 920. The number of anilines is 1. The molecule has 1 saturated heterocycles. The molecule has 0 bridgehead atoms. The van der Waals surface area contributed by atoms with Crippen LogP contribution in [-0.2, 0) is 9.53 Å². The maximum absolute atomic E-state index is 12.3. The molecule has 30 heavy (non-hydrogen) atoms. The molecular weight excluding hydrogens is 384 g/mol. The number of benzene rings is 2. The van der Waals surface area contributed by atoms with E-state index in [1.54, 1.807) is 56.7 Å². The second kappa shape index (κ2) is 10.5. The summed E-state index contributed by atoms with van der Waals surface area (Å²) in [6.45, 7) is 1.24. The molecule has 3 rings (SSSR count). The lowest BCUT2D eigenvalue weighted by atomic mass is 10.1. The van der Waals surface area contributed by atoms with Crippen LogP contribution in [0.1, 0.15) is 28.8 Å². The first-order chi connectivity index (χ1) is 14.6. The van der Waals surface area contributed by atoms with E-state index in [2.05, 4.69) is 10.6 Å². The van der Waals surface area contributed by atoms with Crippen molar-refractivity contribution in [2.45, 2.75) is 18.9 Å². The molecule has 7 heteroatoms. The molecule has 2 amide bonds. The zero-order chi connectivity index (χ0) is 21.3. The number of rotatable bonds is 8. The van der Waals surface area contributed by atoms with Gasteiger partial charge in [0.1, 0.15) is 0 Å². The number of amides is 2. The highest BCUT2D eigenvalue weighted by Gasteiger charge is 2.16. The largest absolute Gasteiger partial charge is 0.493 e. The molecule has 0 radical (unpaired) electrons. The van der Waals surface area contributed by atoms with Crippen molar-refractivity contribution in [3.8, 4) is 11.5 Å². The van der Waals surface area contributed by atoms with Gasteiger partial charge in [-0.1, -0.05) is 12.1 Å². The van der Waals surface area contributed by atoms with E-state index < -0.39 is 0 Å². The van der Waals surface area contributed by atoms with Crippen LogP contribution in [0.3, 0.4) is 0 Å². The fourth-order valence-electron chi connectivity index (χ4n) is 3.16. The summed E-state index contributed by atoms with van der Waals surface area (Å²) >= 11 is 0. The molecule has 1 unspecified atom stereocenters. The Labute approximate surface area is 176 Å². The summed E-state index contributed by atoms with van der Waals surface area (Å²) in [6, 6.07) is 12.2. The van der Waals surface area contributed by atoms with Crippen molar-refractivity contribution in [1.82, 2.24) is 5.32 Å². The van der Waals surface area contributed by atoms with E-state index in [0.717, 1.165) is 25.0 Å². The number of hydrogen-bond donors (Lipinski definition) is 2. The zero-order valence-electron chi connectivity index (χ0n) is 17.1. The number of carbonyl (C=O) groups is 2. The molecule has 158 valence electrons. The Balaban J connectivity index is 1.58.